The van der Waals surface area contributed by atoms with Crippen molar-refractivity contribution in [3.63, 3.8) is 0 Å². The van der Waals surface area contributed by atoms with Crippen LogP contribution in [-0.2, 0) is 0 Å². The van der Waals surface area contributed by atoms with Gasteiger partial charge in [0.05, 0.1) is 15.9 Å². The molecule has 0 aromatic carbocycles. The molecule has 2 N–H and O–H groups in total. The molecule has 15 heavy (non-hydrogen) atoms. The molecular weight excluding hydrogens is 206 g/mol. The minimum absolute atomic E-state index is 0.526. The third-order valence-corrected chi connectivity index (χ3v) is 3.97. The van der Waals surface area contributed by atoms with Crippen molar-refractivity contribution in [2.24, 2.45) is 5.73 Å². The average Bonchev–Trinajstić information content (AvgIpc) is 2.65. The smallest absolute Gasteiger partial charge is 0.0830 e. The molecule has 1 fully saturated rings. The largest absolute Gasteiger partial charge is 0.366 e. The molecule has 1 aliphatic rings. The lowest BCUT2D eigenvalue weighted by atomic mass is 10.0. The Bertz CT molecular complexity index is 477. The Morgan fingerprint density at radius 1 is 1.53 bits per heavy atom. The maximum Gasteiger partial charge on any atom is 0.0830 e. The summed E-state index contributed by atoms with van der Waals surface area (Å²) in [7, 11) is 0. The van der Waals surface area contributed by atoms with Crippen molar-refractivity contribution in [2.75, 3.05) is 18.0 Å². The van der Waals surface area contributed by atoms with Crippen LogP contribution in [0.1, 0.15) is 6.42 Å². The molecule has 1 atom stereocenters. The number of hydrogen-bond donors (Lipinski definition) is 1. The van der Waals surface area contributed by atoms with E-state index < -0.39 is 0 Å². The zero-order chi connectivity index (χ0) is 10.3. The van der Waals surface area contributed by atoms with Crippen molar-refractivity contribution < 1.29 is 0 Å². The van der Waals surface area contributed by atoms with Gasteiger partial charge in [0.15, 0.2) is 0 Å². The normalized spacial score (nSPS) is 20.6. The molecule has 1 aliphatic heterocycles. The summed E-state index contributed by atoms with van der Waals surface area (Å²) in [5, 5.41) is 2.10. The highest BCUT2D eigenvalue weighted by atomic mass is 32.1. The zero-order valence-electron chi connectivity index (χ0n) is 8.39. The van der Waals surface area contributed by atoms with E-state index in [1.807, 2.05) is 6.20 Å². The number of anilines is 1. The molecule has 3 heterocycles. The molecular formula is C11H13N3S. The molecule has 0 saturated carbocycles. The molecule has 0 amide bonds. The Morgan fingerprint density at radius 2 is 2.47 bits per heavy atom. The molecule has 3 rings (SSSR count). The molecule has 2 aromatic heterocycles. The molecule has 1 unspecified atom stereocenters. The highest BCUT2D eigenvalue weighted by molar-refractivity contribution is 7.17. The fourth-order valence-corrected chi connectivity index (χ4v) is 2.97. The van der Waals surface area contributed by atoms with Crippen LogP contribution in [0.2, 0.25) is 0 Å². The monoisotopic (exact) mass is 219 g/mol. The maximum absolute atomic E-state index is 5.73. The summed E-state index contributed by atoms with van der Waals surface area (Å²) in [6, 6.07) is 4.69. The summed E-state index contributed by atoms with van der Waals surface area (Å²) in [5.74, 6) is 0. The van der Waals surface area contributed by atoms with E-state index in [0.717, 1.165) is 18.6 Å². The van der Waals surface area contributed by atoms with Gasteiger partial charge in [0, 0.05) is 25.3 Å². The van der Waals surface area contributed by atoms with Crippen LogP contribution in [-0.4, -0.2) is 24.1 Å². The van der Waals surface area contributed by atoms with Crippen LogP contribution < -0.4 is 10.6 Å². The van der Waals surface area contributed by atoms with Gasteiger partial charge in [-0.2, -0.15) is 0 Å². The van der Waals surface area contributed by atoms with Crippen molar-refractivity contribution in [1.29, 1.82) is 0 Å². The number of rotatable bonds is 2. The predicted molar refractivity (Wildman–Crippen MR) is 64.4 cm³/mol. The van der Waals surface area contributed by atoms with E-state index in [2.05, 4.69) is 27.4 Å². The summed E-state index contributed by atoms with van der Waals surface area (Å²) in [4.78, 5) is 6.74. The summed E-state index contributed by atoms with van der Waals surface area (Å²) in [6.45, 7) is 1.87. The predicted octanol–water partition coefficient (Wildman–Crippen LogP) is 1.83. The fourth-order valence-electron chi connectivity index (χ4n) is 2.09. The second-order valence-corrected chi connectivity index (χ2v) is 4.75. The van der Waals surface area contributed by atoms with Crippen molar-refractivity contribution in [1.82, 2.24) is 4.98 Å². The van der Waals surface area contributed by atoms with E-state index in [0.29, 0.717) is 6.04 Å². The number of pyridine rings is 1. The zero-order valence-corrected chi connectivity index (χ0v) is 9.20. The maximum atomic E-state index is 5.73. The Morgan fingerprint density at radius 3 is 3.20 bits per heavy atom. The van der Waals surface area contributed by atoms with Gasteiger partial charge in [0.2, 0.25) is 0 Å². The Hall–Kier alpha value is -1.13. The lowest BCUT2D eigenvalue weighted by Gasteiger charge is -2.42. The summed E-state index contributed by atoms with van der Waals surface area (Å²) >= 11 is 1.76. The molecule has 1 saturated heterocycles. The molecule has 0 aliphatic carbocycles. The number of nitrogens with zero attached hydrogens (tertiary/aromatic N) is 2. The second-order valence-electron chi connectivity index (χ2n) is 3.84. The van der Waals surface area contributed by atoms with Crippen molar-refractivity contribution in [3.8, 4) is 0 Å². The lowest BCUT2D eigenvalue weighted by Crippen LogP contribution is -2.51. The van der Waals surface area contributed by atoms with Crippen LogP contribution in [0.25, 0.3) is 10.2 Å². The van der Waals surface area contributed by atoms with Crippen LogP contribution in [0.4, 0.5) is 5.69 Å². The van der Waals surface area contributed by atoms with Crippen LogP contribution in [0.5, 0.6) is 0 Å². The number of nitrogens with two attached hydrogens (primary N) is 1. The molecule has 3 nitrogen and oxygen atoms in total. The Balaban J connectivity index is 2.06. The van der Waals surface area contributed by atoms with Gasteiger partial charge in [-0.15, -0.1) is 11.3 Å². The van der Waals surface area contributed by atoms with Gasteiger partial charge >= 0.3 is 0 Å². The molecule has 0 radical (unpaired) electrons. The topological polar surface area (TPSA) is 42.1 Å². The van der Waals surface area contributed by atoms with Gasteiger partial charge in [-0.25, -0.2) is 0 Å². The van der Waals surface area contributed by atoms with Gasteiger partial charge in [-0.3, -0.25) is 4.98 Å². The van der Waals surface area contributed by atoms with E-state index in [-0.39, 0.29) is 0 Å². The van der Waals surface area contributed by atoms with Crippen molar-refractivity contribution in [2.45, 2.75) is 12.5 Å². The molecule has 0 spiro atoms. The Kier molecular flexibility index (Phi) is 2.11. The number of fused-ring (bicyclic) bond motifs is 1. The van der Waals surface area contributed by atoms with Gasteiger partial charge in [0.25, 0.3) is 0 Å². The van der Waals surface area contributed by atoms with E-state index >= 15 is 0 Å². The fraction of sp³-hybridized carbons (Fsp3) is 0.364. The van der Waals surface area contributed by atoms with Gasteiger partial charge in [0.1, 0.15) is 0 Å². The van der Waals surface area contributed by atoms with E-state index in [1.165, 1.54) is 16.8 Å². The van der Waals surface area contributed by atoms with E-state index in [4.69, 9.17) is 5.73 Å². The van der Waals surface area contributed by atoms with E-state index in [9.17, 15) is 0 Å². The minimum Gasteiger partial charge on any atom is -0.366 e. The molecule has 0 bridgehead atoms. The second kappa shape index (κ2) is 3.47. The standard InChI is InChI=1S/C11H13N3S/c12-7-8-2-5-14(8)10-1-4-13-9-3-6-15-11(9)10/h1,3-4,6,8H,2,5,7,12H2. The summed E-state index contributed by atoms with van der Waals surface area (Å²) < 4.78 is 1.29. The average molecular weight is 219 g/mol. The number of aromatic nitrogens is 1. The first-order valence-corrected chi connectivity index (χ1v) is 6.07. The Labute approximate surface area is 92.5 Å². The van der Waals surface area contributed by atoms with Crippen LogP contribution in [0.3, 0.4) is 0 Å². The van der Waals surface area contributed by atoms with Crippen molar-refractivity contribution in [3.05, 3.63) is 23.7 Å². The van der Waals surface area contributed by atoms with Crippen LogP contribution >= 0.6 is 11.3 Å². The van der Waals surface area contributed by atoms with Crippen LogP contribution in [0, 0.1) is 0 Å². The lowest BCUT2D eigenvalue weighted by molar-refractivity contribution is 0.458. The third-order valence-electron chi connectivity index (χ3n) is 3.05. The van der Waals surface area contributed by atoms with Crippen molar-refractivity contribution >= 4 is 27.2 Å². The molecule has 4 heteroatoms. The number of hydrogen-bond acceptors (Lipinski definition) is 4. The molecule has 78 valence electrons. The molecule has 2 aromatic rings. The summed E-state index contributed by atoms with van der Waals surface area (Å²) in [6.07, 6.45) is 3.10. The third kappa shape index (κ3) is 1.33. The minimum atomic E-state index is 0.526. The van der Waals surface area contributed by atoms with Gasteiger partial charge in [-0.05, 0) is 23.9 Å². The summed E-state index contributed by atoms with van der Waals surface area (Å²) in [5.41, 5.74) is 8.13. The first-order chi connectivity index (χ1) is 7.40. The quantitative estimate of drug-likeness (QED) is 0.838. The van der Waals surface area contributed by atoms with Gasteiger partial charge < -0.3 is 10.6 Å². The van der Waals surface area contributed by atoms with Gasteiger partial charge in [-0.1, -0.05) is 0 Å². The highest BCUT2D eigenvalue weighted by Gasteiger charge is 2.28. The SMILES string of the molecule is NCC1CCN1c1ccnc2ccsc12. The highest BCUT2D eigenvalue weighted by Crippen LogP contribution is 2.34. The number of thiophene rings is 1. The first kappa shape index (κ1) is 9.12. The van der Waals surface area contributed by atoms with Crippen LogP contribution in [0.15, 0.2) is 23.7 Å². The first-order valence-electron chi connectivity index (χ1n) is 5.19. The van der Waals surface area contributed by atoms with E-state index in [1.54, 1.807) is 11.3 Å².